The van der Waals surface area contributed by atoms with Crippen LogP contribution in [0.25, 0.3) is 0 Å². The van der Waals surface area contributed by atoms with Crippen LogP contribution in [0.3, 0.4) is 0 Å². The van der Waals surface area contributed by atoms with Crippen LogP contribution in [0.1, 0.15) is 28.4 Å². The predicted molar refractivity (Wildman–Crippen MR) is 104 cm³/mol. The van der Waals surface area contributed by atoms with Crippen LogP contribution in [-0.4, -0.2) is 36.1 Å². The van der Waals surface area contributed by atoms with Crippen molar-refractivity contribution in [3.63, 3.8) is 0 Å². The third-order valence-corrected chi connectivity index (χ3v) is 3.69. The number of carbonyl (C=O) groups excluding carboxylic acids is 2. The molecule has 9 heteroatoms. The number of para-hydroxylation sites is 1. The predicted octanol–water partition coefficient (Wildman–Crippen LogP) is 2.18. The fourth-order valence-electron chi connectivity index (χ4n) is 2.30. The molecule has 146 valence electrons. The molecule has 0 bridgehead atoms. The molecule has 0 fully saturated rings. The molecule has 2 N–H and O–H groups in total. The first kappa shape index (κ1) is 20.6. The van der Waals surface area contributed by atoms with Gasteiger partial charge in [-0.3, -0.25) is 19.7 Å². The molecule has 2 rings (SSSR count). The number of hydrazone groups is 1. The zero-order chi connectivity index (χ0) is 20.5. The molecule has 0 unspecified atom stereocenters. The van der Waals surface area contributed by atoms with Gasteiger partial charge in [-0.05, 0) is 32.0 Å². The van der Waals surface area contributed by atoms with E-state index in [-0.39, 0.29) is 17.8 Å². The molecule has 0 atom stereocenters. The van der Waals surface area contributed by atoms with E-state index in [1.807, 2.05) is 19.1 Å². The number of hydrogen-bond acceptors (Lipinski definition) is 6. The topological polar surface area (TPSA) is 123 Å². The molecule has 0 spiro atoms. The van der Waals surface area contributed by atoms with Gasteiger partial charge in [0.2, 0.25) is 0 Å². The molecular weight excluding hydrogens is 364 g/mol. The second-order valence-electron chi connectivity index (χ2n) is 5.71. The van der Waals surface area contributed by atoms with Gasteiger partial charge in [0.05, 0.1) is 24.3 Å². The second-order valence-corrected chi connectivity index (χ2v) is 5.71. The lowest BCUT2D eigenvalue weighted by atomic mass is 10.1. The van der Waals surface area contributed by atoms with Gasteiger partial charge >= 0.3 is 0 Å². The van der Waals surface area contributed by atoms with Gasteiger partial charge < -0.3 is 10.1 Å². The smallest absolute Gasteiger partial charge is 0.273 e. The van der Waals surface area contributed by atoms with E-state index in [0.29, 0.717) is 23.5 Å². The Bertz CT molecular complexity index is 911. The zero-order valence-electron chi connectivity index (χ0n) is 15.5. The minimum atomic E-state index is -0.594. The molecule has 0 aliphatic heterocycles. The molecule has 28 heavy (non-hydrogen) atoms. The quantitative estimate of drug-likeness (QED) is 0.410. The first-order valence-electron chi connectivity index (χ1n) is 8.49. The van der Waals surface area contributed by atoms with Crippen molar-refractivity contribution in [3.05, 3.63) is 69.3 Å². The average Bonchev–Trinajstić information content (AvgIpc) is 2.67. The van der Waals surface area contributed by atoms with Crippen LogP contribution >= 0.6 is 0 Å². The number of aryl methyl sites for hydroxylation is 1. The first-order chi connectivity index (χ1) is 13.4. The molecule has 2 aromatic carbocycles. The van der Waals surface area contributed by atoms with E-state index in [9.17, 15) is 19.7 Å². The lowest BCUT2D eigenvalue weighted by Gasteiger charge is -2.06. The molecule has 0 heterocycles. The van der Waals surface area contributed by atoms with Crippen molar-refractivity contribution >= 4 is 23.7 Å². The van der Waals surface area contributed by atoms with Crippen molar-refractivity contribution in [1.29, 1.82) is 0 Å². The number of ether oxygens (including phenoxy) is 1. The average molecular weight is 384 g/mol. The normalized spacial score (nSPS) is 10.5. The number of amides is 2. The number of nitrogens with one attached hydrogen (secondary N) is 2. The Morgan fingerprint density at radius 2 is 2.00 bits per heavy atom. The standard InChI is InChI=1S/C19H20N4O5/c1-3-28-17-7-5-4-6-15(17)11-21-22-18(24)12-20-19(25)14-9-8-13(2)16(10-14)23(26)27/h4-11H,3,12H2,1-2H3,(H,20,25)(H,22,24)/b21-11-. The van der Waals surface area contributed by atoms with Crippen LogP contribution in [0.5, 0.6) is 5.75 Å². The van der Waals surface area contributed by atoms with E-state index in [0.717, 1.165) is 0 Å². The highest BCUT2D eigenvalue weighted by Gasteiger charge is 2.15. The summed E-state index contributed by atoms with van der Waals surface area (Å²) >= 11 is 0. The molecule has 0 aliphatic rings. The highest BCUT2D eigenvalue weighted by molar-refractivity contribution is 5.97. The van der Waals surface area contributed by atoms with Crippen LogP contribution in [0.2, 0.25) is 0 Å². The van der Waals surface area contributed by atoms with E-state index >= 15 is 0 Å². The van der Waals surface area contributed by atoms with Crippen LogP contribution in [0.15, 0.2) is 47.6 Å². The van der Waals surface area contributed by atoms with Gasteiger partial charge in [-0.25, -0.2) is 5.43 Å². The van der Waals surface area contributed by atoms with E-state index in [1.165, 1.54) is 24.4 Å². The summed E-state index contributed by atoms with van der Waals surface area (Å²) in [6.45, 7) is 3.61. The van der Waals surface area contributed by atoms with Gasteiger partial charge in [-0.2, -0.15) is 5.10 Å². The Balaban J connectivity index is 1.90. The molecule has 0 radical (unpaired) electrons. The number of hydrogen-bond donors (Lipinski definition) is 2. The number of benzene rings is 2. The summed E-state index contributed by atoms with van der Waals surface area (Å²) in [5.41, 5.74) is 3.38. The molecule has 2 aromatic rings. The first-order valence-corrected chi connectivity index (χ1v) is 8.49. The molecule has 0 saturated carbocycles. The summed E-state index contributed by atoms with van der Waals surface area (Å²) in [4.78, 5) is 34.3. The highest BCUT2D eigenvalue weighted by Crippen LogP contribution is 2.19. The van der Waals surface area contributed by atoms with Crippen molar-refractivity contribution in [1.82, 2.24) is 10.7 Å². The Morgan fingerprint density at radius 1 is 1.25 bits per heavy atom. The monoisotopic (exact) mass is 384 g/mol. The minimum absolute atomic E-state index is 0.0965. The third-order valence-electron chi connectivity index (χ3n) is 3.69. The summed E-state index contributed by atoms with van der Waals surface area (Å²) in [5.74, 6) is -0.499. The summed E-state index contributed by atoms with van der Waals surface area (Å²) < 4.78 is 5.45. The summed E-state index contributed by atoms with van der Waals surface area (Å²) in [6, 6.07) is 11.3. The Kier molecular flexibility index (Phi) is 7.21. The number of rotatable bonds is 8. The van der Waals surface area contributed by atoms with Gasteiger partial charge in [0.1, 0.15) is 5.75 Å². The maximum absolute atomic E-state index is 12.1. The van der Waals surface area contributed by atoms with Gasteiger partial charge in [0.25, 0.3) is 17.5 Å². The van der Waals surface area contributed by atoms with Crippen molar-refractivity contribution in [2.24, 2.45) is 5.10 Å². The molecule has 0 aromatic heterocycles. The van der Waals surface area contributed by atoms with Crippen molar-refractivity contribution in [3.8, 4) is 5.75 Å². The zero-order valence-corrected chi connectivity index (χ0v) is 15.5. The van der Waals surface area contributed by atoms with Gasteiger partial charge in [0.15, 0.2) is 0 Å². The summed E-state index contributed by atoms with van der Waals surface area (Å²) in [5, 5.41) is 17.2. The Hall–Kier alpha value is -3.75. The van der Waals surface area contributed by atoms with Gasteiger partial charge in [-0.15, -0.1) is 0 Å². The lowest BCUT2D eigenvalue weighted by Crippen LogP contribution is -2.34. The Morgan fingerprint density at radius 3 is 2.71 bits per heavy atom. The van der Waals surface area contributed by atoms with Gasteiger partial charge in [-0.1, -0.05) is 18.2 Å². The maximum Gasteiger partial charge on any atom is 0.273 e. The minimum Gasteiger partial charge on any atom is -0.493 e. The van der Waals surface area contributed by atoms with Crippen LogP contribution in [0, 0.1) is 17.0 Å². The lowest BCUT2D eigenvalue weighted by molar-refractivity contribution is -0.385. The van der Waals surface area contributed by atoms with Crippen molar-refractivity contribution in [2.45, 2.75) is 13.8 Å². The van der Waals surface area contributed by atoms with Crippen LogP contribution in [-0.2, 0) is 4.79 Å². The maximum atomic E-state index is 12.1. The molecule has 2 amide bonds. The van der Waals surface area contributed by atoms with Gasteiger partial charge in [0, 0.05) is 22.8 Å². The van der Waals surface area contributed by atoms with Crippen molar-refractivity contribution < 1.29 is 19.2 Å². The fraction of sp³-hybridized carbons (Fsp3) is 0.211. The summed E-state index contributed by atoms with van der Waals surface area (Å²) in [7, 11) is 0. The molecule has 0 aliphatic carbocycles. The van der Waals surface area contributed by atoms with E-state index in [4.69, 9.17) is 4.74 Å². The molecule has 9 nitrogen and oxygen atoms in total. The Labute approximate surface area is 161 Å². The second kappa shape index (κ2) is 9.81. The summed E-state index contributed by atoms with van der Waals surface area (Å²) in [6.07, 6.45) is 1.44. The van der Waals surface area contributed by atoms with E-state index in [1.54, 1.807) is 19.1 Å². The number of nitro benzene ring substituents is 1. The largest absolute Gasteiger partial charge is 0.493 e. The van der Waals surface area contributed by atoms with Crippen LogP contribution in [0.4, 0.5) is 5.69 Å². The number of nitro groups is 1. The van der Waals surface area contributed by atoms with E-state index in [2.05, 4.69) is 15.8 Å². The van der Waals surface area contributed by atoms with E-state index < -0.39 is 16.7 Å². The fourth-order valence-corrected chi connectivity index (χ4v) is 2.30. The highest BCUT2D eigenvalue weighted by atomic mass is 16.6. The number of nitrogens with zero attached hydrogens (tertiary/aromatic N) is 2. The molecular formula is C19H20N4O5. The number of carbonyl (C=O) groups is 2. The SMILES string of the molecule is CCOc1ccccc1/C=N\NC(=O)CNC(=O)c1ccc(C)c([N+](=O)[O-])c1. The third kappa shape index (κ3) is 5.63. The molecule has 0 saturated heterocycles. The van der Waals surface area contributed by atoms with Crippen LogP contribution < -0.4 is 15.5 Å². The van der Waals surface area contributed by atoms with Crippen molar-refractivity contribution in [2.75, 3.05) is 13.2 Å².